The van der Waals surface area contributed by atoms with E-state index in [1.54, 1.807) is 42.5 Å². The van der Waals surface area contributed by atoms with Crippen molar-refractivity contribution in [2.75, 3.05) is 24.0 Å². The minimum Gasteiger partial charge on any atom is -0.375 e. The zero-order valence-corrected chi connectivity index (χ0v) is 18.4. The molecule has 162 valence electrons. The molecule has 0 unspecified atom stereocenters. The van der Waals surface area contributed by atoms with Crippen LogP contribution in [0, 0.1) is 0 Å². The molecule has 3 aromatic carbocycles. The van der Waals surface area contributed by atoms with Crippen LogP contribution in [-0.2, 0) is 26.2 Å². The molecule has 0 atom stereocenters. The number of ether oxygens (including phenoxy) is 1. The first-order valence-corrected chi connectivity index (χ1v) is 11.5. The standard InChI is InChI=1S/C23H23ClN2O4S/c24-21-13-7-8-14-22(21)26(31(28,29)20-11-5-2-6-12-20)17-23(27)25-15-16-30-18-19-9-3-1-4-10-19/h1-14H,15-18H2,(H,25,27). The molecule has 0 aliphatic carbocycles. The minimum absolute atomic E-state index is 0.0777. The van der Waals surface area contributed by atoms with E-state index >= 15 is 0 Å². The Labute approximate surface area is 187 Å². The SMILES string of the molecule is O=C(CN(c1ccccc1Cl)S(=O)(=O)c1ccccc1)NCCOCc1ccccc1. The van der Waals surface area contributed by atoms with Gasteiger partial charge in [-0.25, -0.2) is 8.42 Å². The van der Waals surface area contributed by atoms with Crippen LogP contribution in [-0.4, -0.2) is 34.0 Å². The van der Waals surface area contributed by atoms with Crippen molar-refractivity contribution in [3.8, 4) is 0 Å². The van der Waals surface area contributed by atoms with Crippen LogP contribution >= 0.6 is 11.6 Å². The van der Waals surface area contributed by atoms with E-state index in [0.29, 0.717) is 13.2 Å². The zero-order valence-electron chi connectivity index (χ0n) is 16.8. The number of anilines is 1. The number of amides is 1. The molecule has 0 aliphatic heterocycles. The molecule has 6 nitrogen and oxygen atoms in total. The van der Waals surface area contributed by atoms with Crippen LogP contribution in [0.3, 0.4) is 0 Å². The molecule has 0 bridgehead atoms. The first kappa shape index (κ1) is 22.8. The molecule has 1 amide bonds. The molecular weight excluding hydrogens is 436 g/mol. The Hall–Kier alpha value is -2.87. The number of hydrogen-bond acceptors (Lipinski definition) is 4. The van der Waals surface area contributed by atoms with Crippen LogP contribution in [0.1, 0.15) is 5.56 Å². The van der Waals surface area contributed by atoms with E-state index in [4.69, 9.17) is 16.3 Å². The number of hydrogen-bond donors (Lipinski definition) is 1. The predicted octanol–water partition coefficient (Wildman–Crippen LogP) is 3.87. The number of carbonyl (C=O) groups is 1. The van der Waals surface area contributed by atoms with E-state index in [2.05, 4.69) is 5.32 Å². The number of nitrogens with one attached hydrogen (secondary N) is 1. The number of para-hydroxylation sites is 1. The van der Waals surface area contributed by atoms with Gasteiger partial charge in [0.2, 0.25) is 5.91 Å². The monoisotopic (exact) mass is 458 g/mol. The quantitative estimate of drug-likeness (QED) is 0.468. The fraction of sp³-hybridized carbons (Fsp3) is 0.174. The molecule has 0 saturated heterocycles. The van der Waals surface area contributed by atoms with Crippen molar-refractivity contribution < 1.29 is 17.9 Å². The first-order valence-electron chi connectivity index (χ1n) is 9.69. The molecule has 31 heavy (non-hydrogen) atoms. The van der Waals surface area contributed by atoms with E-state index < -0.39 is 22.5 Å². The zero-order chi connectivity index (χ0) is 22.1. The normalized spacial score (nSPS) is 11.1. The number of sulfonamides is 1. The summed E-state index contributed by atoms with van der Waals surface area (Å²) in [5.74, 6) is -0.456. The molecule has 0 saturated carbocycles. The molecule has 8 heteroatoms. The van der Waals surface area contributed by atoms with Gasteiger partial charge in [0.25, 0.3) is 10.0 Å². The van der Waals surface area contributed by atoms with Crippen LogP contribution in [0.5, 0.6) is 0 Å². The van der Waals surface area contributed by atoms with Crippen molar-refractivity contribution in [1.82, 2.24) is 5.32 Å². The number of rotatable bonds is 10. The second-order valence-corrected chi connectivity index (χ2v) is 8.93. The van der Waals surface area contributed by atoms with E-state index in [1.165, 1.54) is 12.1 Å². The van der Waals surface area contributed by atoms with E-state index in [9.17, 15) is 13.2 Å². The third-order valence-electron chi connectivity index (χ3n) is 4.42. The van der Waals surface area contributed by atoms with Crippen molar-refractivity contribution in [3.63, 3.8) is 0 Å². The summed E-state index contributed by atoms with van der Waals surface area (Å²) >= 11 is 6.24. The fourth-order valence-corrected chi connectivity index (χ4v) is 4.64. The first-order chi connectivity index (χ1) is 15.0. The van der Waals surface area contributed by atoms with Gasteiger partial charge in [-0.15, -0.1) is 0 Å². The summed E-state index contributed by atoms with van der Waals surface area (Å²) in [5.41, 5.74) is 1.27. The average Bonchev–Trinajstić information content (AvgIpc) is 2.79. The molecule has 0 spiro atoms. The third kappa shape index (κ3) is 6.30. The molecule has 3 aromatic rings. The maximum absolute atomic E-state index is 13.2. The predicted molar refractivity (Wildman–Crippen MR) is 122 cm³/mol. The van der Waals surface area contributed by atoms with Crippen LogP contribution in [0.15, 0.2) is 89.8 Å². The number of benzene rings is 3. The minimum atomic E-state index is -3.99. The van der Waals surface area contributed by atoms with Gasteiger partial charge in [-0.2, -0.15) is 0 Å². The summed E-state index contributed by atoms with van der Waals surface area (Å²) in [6, 6.07) is 24.1. The third-order valence-corrected chi connectivity index (χ3v) is 6.51. The molecule has 0 radical (unpaired) electrons. The van der Waals surface area contributed by atoms with Gasteiger partial charge >= 0.3 is 0 Å². The van der Waals surface area contributed by atoms with Crippen molar-refractivity contribution in [1.29, 1.82) is 0 Å². The van der Waals surface area contributed by atoms with Gasteiger partial charge in [0, 0.05) is 6.54 Å². The van der Waals surface area contributed by atoms with E-state index in [1.807, 2.05) is 30.3 Å². The van der Waals surface area contributed by atoms with E-state index in [-0.39, 0.29) is 22.2 Å². The highest BCUT2D eigenvalue weighted by Gasteiger charge is 2.28. The Morgan fingerprint density at radius 3 is 2.19 bits per heavy atom. The maximum Gasteiger partial charge on any atom is 0.264 e. The summed E-state index contributed by atoms with van der Waals surface area (Å²) in [6.45, 7) is 0.593. The molecule has 3 rings (SSSR count). The van der Waals surface area contributed by atoms with Crippen LogP contribution in [0.4, 0.5) is 5.69 Å². The van der Waals surface area contributed by atoms with Crippen molar-refractivity contribution in [3.05, 3.63) is 95.5 Å². The Bertz CT molecular complexity index is 1090. The second kappa shape index (κ2) is 10.9. The lowest BCUT2D eigenvalue weighted by atomic mass is 10.2. The Kier molecular flexibility index (Phi) is 8.06. The number of nitrogens with zero attached hydrogens (tertiary/aromatic N) is 1. The second-order valence-electron chi connectivity index (χ2n) is 6.66. The lowest BCUT2D eigenvalue weighted by molar-refractivity contribution is -0.119. The van der Waals surface area contributed by atoms with Gasteiger partial charge in [0.1, 0.15) is 6.54 Å². The largest absolute Gasteiger partial charge is 0.375 e. The van der Waals surface area contributed by atoms with Crippen molar-refractivity contribution in [2.24, 2.45) is 0 Å². The summed E-state index contributed by atoms with van der Waals surface area (Å²) in [5, 5.41) is 2.94. The van der Waals surface area contributed by atoms with Gasteiger partial charge in [0.05, 0.1) is 28.8 Å². The Balaban J connectivity index is 1.65. The summed E-state index contributed by atoms with van der Waals surface area (Å²) < 4.78 is 33.0. The van der Waals surface area contributed by atoms with Gasteiger partial charge in [-0.1, -0.05) is 72.3 Å². The van der Waals surface area contributed by atoms with Crippen molar-refractivity contribution >= 4 is 33.2 Å². The van der Waals surface area contributed by atoms with Gasteiger partial charge in [-0.05, 0) is 29.8 Å². The smallest absolute Gasteiger partial charge is 0.264 e. The van der Waals surface area contributed by atoms with Gasteiger partial charge in [-0.3, -0.25) is 9.10 Å². The highest BCUT2D eigenvalue weighted by molar-refractivity contribution is 7.92. The molecule has 0 fully saturated rings. The summed E-state index contributed by atoms with van der Waals surface area (Å²) in [4.78, 5) is 12.6. The Morgan fingerprint density at radius 1 is 0.903 bits per heavy atom. The van der Waals surface area contributed by atoms with Crippen LogP contribution < -0.4 is 9.62 Å². The Morgan fingerprint density at radius 2 is 1.52 bits per heavy atom. The van der Waals surface area contributed by atoms with Gasteiger partial charge < -0.3 is 10.1 Å². The average molecular weight is 459 g/mol. The number of carbonyl (C=O) groups excluding carboxylic acids is 1. The molecule has 1 N–H and O–H groups in total. The maximum atomic E-state index is 13.2. The summed E-state index contributed by atoms with van der Waals surface area (Å²) in [7, 11) is -3.99. The van der Waals surface area contributed by atoms with Gasteiger partial charge in [0.15, 0.2) is 0 Å². The fourth-order valence-electron chi connectivity index (χ4n) is 2.89. The molecule has 0 heterocycles. The lowest BCUT2D eigenvalue weighted by Crippen LogP contribution is -2.41. The van der Waals surface area contributed by atoms with Crippen LogP contribution in [0.2, 0.25) is 5.02 Å². The topological polar surface area (TPSA) is 75.7 Å². The van der Waals surface area contributed by atoms with Crippen LogP contribution in [0.25, 0.3) is 0 Å². The highest BCUT2D eigenvalue weighted by atomic mass is 35.5. The molecule has 0 aliphatic rings. The highest BCUT2D eigenvalue weighted by Crippen LogP contribution is 2.30. The van der Waals surface area contributed by atoms with E-state index in [0.717, 1.165) is 9.87 Å². The molecular formula is C23H23ClN2O4S. The summed E-state index contributed by atoms with van der Waals surface area (Å²) in [6.07, 6.45) is 0. The number of halogens is 1. The lowest BCUT2D eigenvalue weighted by Gasteiger charge is -2.25. The molecule has 0 aromatic heterocycles. The van der Waals surface area contributed by atoms with Crippen molar-refractivity contribution in [2.45, 2.75) is 11.5 Å².